The van der Waals surface area contributed by atoms with Crippen molar-refractivity contribution < 1.29 is 14.5 Å². The summed E-state index contributed by atoms with van der Waals surface area (Å²) < 4.78 is 9.57. The molecule has 2 N–H and O–H groups in total. The van der Waals surface area contributed by atoms with E-state index in [1.807, 2.05) is 0 Å². The quantitative estimate of drug-likeness (QED) is 0.435. The number of carbonyl (C=O) groups is 1. The lowest BCUT2D eigenvalue weighted by Crippen LogP contribution is -2.34. The number of hydrogen-bond donors (Lipinski definition) is 3. The van der Waals surface area contributed by atoms with E-state index in [1.165, 1.54) is 11.4 Å². The zero-order valence-corrected chi connectivity index (χ0v) is 7.10. The Bertz CT molecular complexity index is 119. The molecule has 0 rings (SSSR count). The molecule has 0 aliphatic heterocycles. The predicted octanol–water partition coefficient (Wildman–Crippen LogP) is 0.422. The van der Waals surface area contributed by atoms with Gasteiger partial charge in [0.25, 0.3) is 0 Å². The minimum absolute atomic E-state index is 0.120. The number of aliphatic carboxylic acids is 1. The molecule has 6 heteroatoms. The molecule has 0 aliphatic carbocycles. The zero-order valence-electron chi connectivity index (χ0n) is 5.39. The third-order valence-electron chi connectivity index (χ3n) is 0.969. The number of thiol groups is 1. The predicted molar refractivity (Wildman–Crippen MR) is 43.3 cm³/mol. The molecule has 0 radical (unpaired) electrons. The second-order valence-electron chi connectivity index (χ2n) is 1.72. The third kappa shape index (κ3) is 3.31. The van der Waals surface area contributed by atoms with Crippen LogP contribution in [0.1, 0.15) is 0 Å². The molecule has 1 atom stereocenters. The van der Waals surface area contributed by atoms with Crippen LogP contribution in [0.15, 0.2) is 0 Å². The fraction of sp³-hybridized carbons (Fsp3) is 0.750. The van der Waals surface area contributed by atoms with Crippen molar-refractivity contribution >= 4 is 30.8 Å². The average molecular weight is 183 g/mol. The van der Waals surface area contributed by atoms with E-state index < -0.39 is 12.0 Å². The van der Waals surface area contributed by atoms with Gasteiger partial charge in [-0.15, -0.1) is 0 Å². The van der Waals surface area contributed by atoms with Gasteiger partial charge in [0.05, 0.1) is 0 Å². The Kier molecular flexibility index (Phi) is 4.88. The first kappa shape index (κ1) is 10.1. The van der Waals surface area contributed by atoms with Crippen LogP contribution in [-0.4, -0.2) is 38.8 Å². The van der Waals surface area contributed by atoms with E-state index in [2.05, 4.69) is 12.8 Å². The highest BCUT2D eigenvalue weighted by Crippen LogP contribution is 2.05. The van der Waals surface area contributed by atoms with Crippen LogP contribution < -0.4 is 0 Å². The van der Waals surface area contributed by atoms with Crippen LogP contribution in [0.2, 0.25) is 0 Å². The summed E-state index contributed by atoms with van der Waals surface area (Å²) in [5, 5.41) is 8.46. The summed E-state index contributed by atoms with van der Waals surface area (Å²) in [6.45, 7) is 0. The van der Waals surface area contributed by atoms with Gasteiger partial charge in [-0.05, 0) is 19.1 Å². The molecule has 0 saturated heterocycles. The van der Waals surface area contributed by atoms with E-state index in [0.29, 0.717) is 12.0 Å². The summed E-state index contributed by atoms with van der Waals surface area (Å²) in [6, 6.07) is -0.738. The zero-order chi connectivity index (χ0) is 8.15. The van der Waals surface area contributed by atoms with E-state index in [4.69, 9.17) is 9.66 Å². The minimum atomic E-state index is -0.987. The number of nitrogens with zero attached hydrogens (tertiary/aromatic N) is 1. The first-order valence-electron chi connectivity index (χ1n) is 2.50. The van der Waals surface area contributed by atoms with Gasteiger partial charge in [-0.3, -0.25) is 4.79 Å². The van der Waals surface area contributed by atoms with Crippen LogP contribution in [-0.2, 0) is 4.79 Å². The number of rotatable bonds is 4. The molecule has 0 aliphatic rings. The van der Waals surface area contributed by atoms with Gasteiger partial charge in [0.1, 0.15) is 6.04 Å². The molecule has 0 aromatic heterocycles. The topological polar surface area (TPSA) is 60.8 Å². The lowest BCUT2D eigenvalue weighted by Gasteiger charge is -2.16. The van der Waals surface area contributed by atoms with Gasteiger partial charge in [0.15, 0.2) is 0 Å². The van der Waals surface area contributed by atoms with Crippen molar-refractivity contribution in [2.45, 2.75) is 6.04 Å². The Morgan fingerprint density at radius 2 is 2.40 bits per heavy atom. The van der Waals surface area contributed by atoms with Crippen molar-refractivity contribution in [2.75, 3.05) is 12.8 Å². The van der Waals surface area contributed by atoms with Crippen LogP contribution in [0.4, 0.5) is 0 Å². The van der Waals surface area contributed by atoms with Crippen molar-refractivity contribution in [2.24, 2.45) is 0 Å². The number of carboxylic acid groups (broad SMARTS) is 1. The van der Waals surface area contributed by atoms with E-state index >= 15 is 0 Å². The molecule has 0 bridgehead atoms. The molecule has 0 amide bonds. The number of hydrogen-bond acceptors (Lipinski definition) is 5. The Labute approximate surface area is 69.0 Å². The lowest BCUT2D eigenvalue weighted by molar-refractivity contribution is -0.140. The van der Waals surface area contributed by atoms with Gasteiger partial charge in [0, 0.05) is 5.75 Å². The Balaban J connectivity index is 3.85. The highest BCUT2D eigenvalue weighted by Gasteiger charge is 2.19. The Morgan fingerprint density at radius 1 is 1.90 bits per heavy atom. The SMILES string of the molecule is CN(S)[C@@H](CSO)C(=O)O. The fourth-order valence-electron chi connectivity index (χ4n) is 0.410. The molecule has 0 spiro atoms. The largest absolute Gasteiger partial charge is 0.480 e. The van der Waals surface area contributed by atoms with Gasteiger partial charge in [-0.1, -0.05) is 12.8 Å². The fourth-order valence-corrected chi connectivity index (χ4v) is 1.21. The maximum Gasteiger partial charge on any atom is 0.322 e. The molecule has 0 heterocycles. The molecule has 0 aromatic carbocycles. The standard InChI is InChI=1S/C4H9NO3S2/c1-5(9)3(2-10-8)4(6)7/h3,8-9H,2H2,1H3,(H,6,7)/t3-/m0/s1. The molecule has 0 aromatic rings. The van der Waals surface area contributed by atoms with E-state index in [0.717, 1.165) is 0 Å². The molecule has 0 fully saturated rings. The van der Waals surface area contributed by atoms with E-state index in [1.54, 1.807) is 0 Å². The number of likely N-dealkylation sites (N-methyl/N-ethyl adjacent to an activating group) is 1. The molecular weight excluding hydrogens is 174 g/mol. The normalized spacial score (nSPS) is 13.6. The van der Waals surface area contributed by atoms with Crippen LogP contribution >= 0.6 is 24.9 Å². The van der Waals surface area contributed by atoms with E-state index in [-0.39, 0.29) is 5.75 Å². The average Bonchev–Trinajstić information content (AvgIpc) is 1.81. The van der Waals surface area contributed by atoms with Crippen molar-refractivity contribution in [1.29, 1.82) is 0 Å². The monoisotopic (exact) mass is 183 g/mol. The molecule has 60 valence electrons. The van der Waals surface area contributed by atoms with Crippen LogP contribution in [0.25, 0.3) is 0 Å². The van der Waals surface area contributed by atoms with Crippen molar-refractivity contribution in [3.05, 3.63) is 0 Å². The summed E-state index contributed by atoms with van der Waals surface area (Å²) in [4.78, 5) is 10.3. The first-order chi connectivity index (χ1) is 4.59. The van der Waals surface area contributed by atoms with Crippen LogP contribution in [0.3, 0.4) is 0 Å². The maximum absolute atomic E-state index is 10.3. The highest BCUT2D eigenvalue weighted by molar-refractivity contribution is 7.93. The molecule has 4 nitrogen and oxygen atoms in total. The van der Waals surface area contributed by atoms with E-state index in [9.17, 15) is 4.79 Å². The minimum Gasteiger partial charge on any atom is -0.480 e. The Morgan fingerprint density at radius 3 is 2.50 bits per heavy atom. The second-order valence-corrected chi connectivity index (χ2v) is 2.95. The second kappa shape index (κ2) is 4.84. The van der Waals surface area contributed by atoms with Crippen molar-refractivity contribution in [1.82, 2.24) is 4.31 Å². The summed E-state index contributed by atoms with van der Waals surface area (Å²) in [5.41, 5.74) is 0. The summed E-state index contributed by atoms with van der Waals surface area (Å²) in [6.07, 6.45) is 0. The summed E-state index contributed by atoms with van der Waals surface area (Å²) >= 11 is 4.29. The van der Waals surface area contributed by atoms with Gasteiger partial charge in [0.2, 0.25) is 0 Å². The summed E-state index contributed by atoms with van der Waals surface area (Å²) in [7, 11) is 1.53. The molecular formula is C4H9NO3S2. The highest BCUT2D eigenvalue weighted by atomic mass is 32.2. The van der Waals surface area contributed by atoms with Crippen molar-refractivity contribution in [3.8, 4) is 0 Å². The van der Waals surface area contributed by atoms with Gasteiger partial charge < -0.3 is 9.66 Å². The summed E-state index contributed by atoms with van der Waals surface area (Å²) in [5.74, 6) is -0.867. The van der Waals surface area contributed by atoms with Crippen molar-refractivity contribution in [3.63, 3.8) is 0 Å². The third-order valence-corrected chi connectivity index (χ3v) is 1.71. The van der Waals surface area contributed by atoms with Crippen LogP contribution in [0, 0.1) is 0 Å². The molecule has 10 heavy (non-hydrogen) atoms. The molecule has 0 unspecified atom stereocenters. The van der Waals surface area contributed by atoms with Gasteiger partial charge >= 0.3 is 5.97 Å². The van der Waals surface area contributed by atoms with Gasteiger partial charge in [-0.25, -0.2) is 4.31 Å². The lowest BCUT2D eigenvalue weighted by atomic mass is 10.3. The molecule has 0 saturated carbocycles. The maximum atomic E-state index is 10.3. The first-order valence-corrected chi connectivity index (χ1v) is 3.84. The van der Waals surface area contributed by atoms with Crippen LogP contribution in [0.5, 0.6) is 0 Å². The number of carboxylic acids is 1. The van der Waals surface area contributed by atoms with Gasteiger partial charge in [-0.2, -0.15) is 0 Å². The smallest absolute Gasteiger partial charge is 0.322 e. The Hall–Kier alpha value is 0.0900.